The molecule has 0 atom stereocenters. The van der Waals surface area contributed by atoms with Crippen molar-refractivity contribution in [1.29, 1.82) is 0 Å². The molecule has 0 radical (unpaired) electrons. The molecule has 0 aliphatic heterocycles. The highest BCUT2D eigenvalue weighted by atomic mass is 16.4. The molecule has 0 aliphatic rings. The van der Waals surface area contributed by atoms with Crippen LogP contribution in [-0.4, -0.2) is 17.6 Å². The molecular weight excluding hydrogens is 226 g/mol. The number of carboxylic acids is 1. The zero-order chi connectivity index (χ0) is 13.6. The minimum absolute atomic E-state index is 0.343. The minimum Gasteiger partial charge on any atom is -0.478 e. The summed E-state index contributed by atoms with van der Waals surface area (Å²) in [6, 6.07) is 0. The third-order valence-corrected chi connectivity index (χ3v) is 3.24. The summed E-state index contributed by atoms with van der Waals surface area (Å²) in [5.74, 6) is -0.854. The van der Waals surface area contributed by atoms with Gasteiger partial charge in [-0.1, -0.05) is 57.9 Å². The first kappa shape index (κ1) is 17.2. The lowest BCUT2D eigenvalue weighted by Crippen LogP contribution is -1.98. The van der Waals surface area contributed by atoms with E-state index in [-0.39, 0.29) is 0 Å². The van der Waals surface area contributed by atoms with Gasteiger partial charge in [-0.05, 0) is 25.8 Å². The summed E-state index contributed by atoms with van der Waals surface area (Å²) in [4.78, 5) is 10.5. The van der Waals surface area contributed by atoms with Crippen LogP contribution in [-0.2, 0) is 4.79 Å². The highest BCUT2D eigenvalue weighted by molar-refractivity contribution is 5.85. The number of hydrogen-bond donors (Lipinski definition) is 2. The maximum atomic E-state index is 10.5. The van der Waals surface area contributed by atoms with Crippen LogP contribution in [0.15, 0.2) is 12.2 Å². The summed E-state index contributed by atoms with van der Waals surface area (Å²) in [6.45, 7) is 4.35. The van der Waals surface area contributed by atoms with E-state index in [4.69, 9.17) is 10.8 Å². The number of unbranched alkanes of at least 4 members (excludes halogenated alkanes) is 9. The van der Waals surface area contributed by atoms with Crippen LogP contribution in [0.3, 0.4) is 0 Å². The SMILES string of the molecule is C=C(CCCCCCCCCCCCN)C(=O)O. The second-order valence-corrected chi connectivity index (χ2v) is 4.98. The van der Waals surface area contributed by atoms with Crippen LogP contribution in [0.25, 0.3) is 0 Å². The number of hydrogen-bond acceptors (Lipinski definition) is 2. The highest BCUT2D eigenvalue weighted by Crippen LogP contribution is 2.12. The summed E-state index contributed by atoms with van der Waals surface area (Å²) in [5, 5.41) is 8.64. The molecule has 0 heterocycles. The molecule has 0 fully saturated rings. The van der Waals surface area contributed by atoms with E-state index in [1.807, 2.05) is 0 Å². The number of nitrogens with two attached hydrogens (primary N) is 1. The summed E-state index contributed by atoms with van der Waals surface area (Å²) in [5.41, 5.74) is 5.78. The lowest BCUT2D eigenvalue weighted by Gasteiger charge is -2.02. The van der Waals surface area contributed by atoms with Crippen molar-refractivity contribution in [3.63, 3.8) is 0 Å². The third kappa shape index (κ3) is 11.6. The fourth-order valence-electron chi connectivity index (χ4n) is 2.00. The van der Waals surface area contributed by atoms with Crippen LogP contribution in [0.1, 0.15) is 70.6 Å². The van der Waals surface area contributed by atoms with Crippen molar-refractivity contribution in [3.8, 4) is 0 Å². The zero-order valence-corrected chi connectivity index (χ0v) is 11.6. The average molecular weight is 255 g/mol. The van der Waals surface area contributed by atoms with Gasteiger partial charge in [0.2, 0.25) is 0 Å². The van der Waals surface area contributed by atoms with E-state index in [9.17, 15) is 4.79 Å². The average Bonchev–Trinajstić information content (AvgIpc) is 2.35. The standard InChI is InChI=1S/C15H29NO2/c1-14(15(17)18)12-10-8-6-4-2-3-5-7-9-11-13-16/h1-13,16H2,(H,17,18). The fraction of sp³-hybridized carbons (Fsp3) is 0.800. The maximum absolute atomic E-state index is 10.5. The largest absolute Gasteiger partial charge is 0.478 e. The molecule has 3 N–H and O–H groups in total. The Balaban J connectivity index is 3.07. The van der Waals surface area contributed by atoms with Crippen LogP contribution >= 0.6 is 0 Å². The molecule has 106 valence electrons. The smallest absolute Gasteiger partial charge is 0.330 e. The summed E-state index contributed by atoms with van der Waals surface area (Å²) >= 11 is 0. The highest BCUT2D eigenvalue weighted by Gasteiger charge is 2.02. The lowest BCUT2D eigenvalue weighted by molar-refractivity contribution is -0.132. The molecule has 0 aromatic carbocycles. The molecule has 0 aliphatic carbocycles. The van der Waals surface area contributed by atoms with Crippen molar-refractivity contribution < 1.29 is 9.90 Å². The topological polar surface area (TPSA) is 63.3 Å². The van der Waals surface area contributed by atoms with Crippen molar-refractivity contribution in [2.45, 2.75) is 70.6 Å². The number of aliphatic carboxylic acids is 1. The van der Waals surface area contributed by atoms with Gasteiger partial charge in [0.1, 0.15) is 0 Å². The predicted octanol–water partition coefficient (Wildman–Crippen LogP) is 3.88. The molecule has 0 unspecified atom stereocenters. The van der Waals surface area contributed by atoms with Crippen LogP contribution in [0.2, 0.25) is 0 Å². The third-order valence-electron chi connectivity index (χ3n) is 3.24. The monoisotopic (exact) mass is 255 g/mol. The molecule has 0 saturated carbocycles. The zero-order valence-electron chi connectivity index (χ0n) is 11.6. The van der Waals surface area contributed by atoms with Crippen LogP contribution < -0.4 is 5.73 Å². The minimum atomic E-state index is -0.854. The Kier molecular flexibility index (Phi) is 12.0. The van der Waals surface area contributed by atoms with E-state index >= 15 is 0 Å². The van der Waals surface area contributed by atoms with Crippen molar-refractivity contribution in [2.75, 3.05) is 6.54 Å². The second-order valence-electron chi connectivity index (χ2n) is 4.98. The first-order valence-corrected chi connectivity index (χ1v) is 7.29. The summed E-state index contributed by atoms with van der Waals surface area (Å²) < 4.78 is 0. The quantitative estimate of drug-likeness (QED) is 0.388. The molecule has 0 spiro atoms. The van der Waals surface area contributed by atoms with Gasteiger partial charge in [0.15, 0.2) is 0 Å². The van der Waals surface area contributed by atoms with Crippen molar-refractivity contribution in [2.24, 2.45) is 5.73 Å². The number of carboxylic acid groups (broad SMARTS) is 1. The molecule has 18 heavy (non-hydrogen) atoms. The van der Waals surface area contributed by atoms with E-state index in [1.54, 1.807) is 0 Å². The van der Waals surface area contributed by atoms with E-state index < -0.39 is 5.97 Å². The van der Waals surface area contributed by atoms with Gasteiger partial charge in [0.25, 0.3) is 0 Å². The van der Waals surface area contributed by atoms with Gasteiger partial charge in [-0.25, -0.2) is 4.79 Å². The Morgan fingerprint density at radius 1 is 0.833 bits per heavy atom. The van der Waals surface area contributed by atoms with Crippen LogP contribution in [0.4, 0.5) is 0 Å². The summed E-state index contributed by atoms with van der Waals surface area (Å²) in [6.07, 6.45) is 12.9. The Morgan fingerprint density at radius 2 is 1.22 bits per heavy atom. The molecule has 0 rings (SSSR count). The number of carbonyl (C=O) groups is 1. The van der Waals surface area contributed by atoms with Crippen molar-refractivity contribution >= 4 is 5.97 Å². The van der Waals surface area contributed by atoms with Gasteiger partial charge in [0.05, 0.1) is 0 Å². The van der Waals surface area contributed by atoms with Crippen LogP contribution in [0.5, 0.6) is 0 Å². The van der Waals surface area contributed by atoms with Crippen molar-refractivity contribution in [3.05, 3.63) is 12.2 Å². The molecule has 0 bridgehead atoms. The lowest BCUT2D eigenvalue weighted by atomic mass is 10.0. The van der Waals surface area contributed by atoms with Gasteiger partial charge in [0, 0.05) is 5.57 Å². The van der Waals surface area contributed by atoms with Crippen LogP contribution in [0, 0.1) is 0 Å². The second kappa shape index (κ2) is 12.6. The fourth-order valence-corrected chi connectivity index (χ4v) is 2.00. The maximum Gasteiger partial charge on any atom is 0.330 e. The molecule has 3 nitrogen and oxygen atoms in total. The Labute approximate surface area is 111 Å². The van der Waals surface area contributed by atoms with E-state index in [0.717, 1.165) is 25.8 Å². The summed E-state index contributed by atoms with van der Waals surface area (Å²) in [7, 11) is 0. The molecule has 3 heteroatoms. The molecular formula is C15H29NO2. The Morgan fingerprint density at radius 3 is 1.61 bits per heavy atom. The van der Waals surface area contributed by atoms with Crippen molar-refractivity contribution in [1.82, 2.24) is 0 Å². The van der Waals surface area contributed by atoms with Gasteiger partial charge in [-0.2, -0.15) is 0 Å². The normalized spacial score (nSPS) is 10.5. The first-order chi connectivity index (χ1) is 8.68. The Hall–Kier alpha value is -0.830. The van der Waals surface area contributed by atoms with E-state index in [2.05, 4.69) is 6.58 Å². The van der Waals surface area contributed by atoms with E-state index in [0.29, 0.717) is 12.0 Å². The van der Waals surface area contributed by atoms with Gasteiger partial charge in [-0.3, -0.25) is 0 Å². The predicted molar refractivity (Wildman–Crippen MR) is 76.6 cm³/mol. The first-order valence-electron chi connectivity index (χ1n) is 7.29. The van der Waals surface area contributed by atoms with E-state index in [1.165, 1.54) is 44.9 Å². The van der Waals surface area contributed by atoms with Gasteiger partial charge in [-0.15, -0.1) is 0 Å². The van der Waals surface area contributed by atoms with Gasteiger partial charge < -0.3 is 10.8 Å². The Bertz CT molecular complexity index is 227. The number of rotatable bonds is 13. The molecule has 0 aromatic heterocycles. The van der Waals surface area contributed by atoms with Gasteiger partial charge >= 0.3 is 5.97 Å². The molecule has 0 aromatic rings. The molecule has 0 saturated heterocycles. The molecule has 0 amide bonds.